The lowest BCUT2D eigenvalue weighted by Crippen LogP contribution is -2.23. The first-order valence-electron chi connectivity index (χ1n) is 11.4. The van der Waals surface area contributed by atoms with Gasteiger partial charge in [0.1, 0.15) is 34.6 Å². The molecular formula is C27H32O4. The predicted octanol–water partition coefficient (Wildman–Crippen LogP) is 4.82. The molecule has 4 heteroatoms. The van der Waals surface area contributed by atoms with Crippen LogP contribution in [0.1, 0.15) is 63.8 Å². The molecule has 4 nitrogen and oxygen atoms in total. The van der Waals surface area contributed by atoms with Crippen molar-refractivity contribution < 1.29 is 18.9 Å². The zero-order valence-corrected chi connectivity index (χ0v) is 19.3. The summed E-state index contributed by atoms with van der Waals surface area (Å²) in [6.07, 6.45) is 0.314. The molecule has 31 heavy (non-hydrogen) atoms. The summed E-state index contributed by atoms with van der Waals surface area (Å²) in [5.41, 5.74) is 4.30. The van der Waals surface area contributed by atoms with Crippen LogP contribution in [0.3, 0.4) is 0 Å². The van der Waals surface area contributed by atoms with Crippen molar-refractivity contribution in [3.8, 4) is 0 Å². The maximum absolute atomic E-state index is 6.07. The summed E-state index contributed by atoms with van der Waals surface area (Å²) in [7, 11) is 0. The van der Waals surface area contributed by atoms with Gasteiger partial charge in [-0.05, 0) is 49.9 Å². The minimum Gasteiger partial charge on any atom is -0.367 e. The first-order chi connectivity index (χ1) is 14.5. The van der Waals surface area contributed by atoms with Crippen LogP contribution in [0.2, 0.25) is 0 Å². The Hall–Kier alpha value is -1.72. The second-order valence-corrected chi connectivity index (χ2v) is 11.2. The number of hydrogen-bond acceptors (Lipinski definition) is 4. The Morgan fingerprint density at radius 1 is 0.645 bits per heavy atom. The highest BCUT2D eigenvalue weighted by atomic mass is 16.7. The molecule has 4 fully saturated rings. The molecule has 2 aromatic rings. The van der Waals surface area contributed by atoms with Crippen molar-refractivity contribution in [2.45, 2.75) is 81.6 Å². The van der Waals surface area contributed by atoms with Gasteiger partial charge in [-0.3, -0.25) is 0 Å². The highest BCUT2D eigenvalue weighted by molar-refractivity contribution is 5.43. The Balaban J connectivity index is 1.20. The van der Waals surface area contributed by atoms with E-state index >= 15 is 0 Å². The predicted molar refractivity (Wildman–Crippen MR) is 118 cm³/mol. The first kappa shape index (κ1) is 19.9. The molecule has 4 saturated heterocycles. The van der Waals surface area contributed by atoms with Crippen molar-refractivity contribution in [3.05, 3.63) is 70.8 Å². The van der Waals surface area contributed by atoms with Crippen LogP contribution in [0, 0.1) is 0 Å². The van der Waals surface area contributed by atoms with Crippen molar-refractivity contribution in [2.75, 3.05) is 13.2 Å². The lowest BCUT2D eigenvalue weighted by Gasteiger charge is -2.27. The molecule has 2 aromatic carbocycles. The normalized spacial score (nSPS) is 42.9. The molecule has 0 aromatic heterocycles. The summed E-state index contributed by atoms with van der Waals surface area (Å²) < 4.78 is 23.3. The van der Waals surface area contributed by atoms with Gasteiger partial charge in [-0.2, -0.15) is 0 Å². The fraction of sp³-hybridized carbons (Fsp3) is 0.556. The Bertz CT molecular complexity index is 948. The monoisotopic (exact) mass is 420 g/mol. The van der Waals surface area contributed by atoms with Gasteiger partial charge in [-0.25, -0.2) is 0 Å². The van der Waals surface area contributed by atoms with Crippen LogP contribution in [0.5, 0.6) is 0 Å². The van der Waals surface area contributed by atoms with Crippen molar-refractivity contribution in [3.63, 3.8) is 0 Å². The average molecular weight is 421 g/mol. The smallest absolute Gasteiger partial charge is 0.123 e. The van der Waals surface area contributed by atoms with Gasteiger partial charge < -0.3 is 18.9 Å². The zero-order valence-electron chi connectivity index (χ0n) is 19.3. The van der Waals surface area contributed by atoms with E-state index in [0.29, 0.717) is 0 Å². The molecule has 164 valence electrons. The zero-order chi connectivity index (χ0) is 21.9. The summed E-state index contributed by atoms with van der Waals surface area (Å²) in [5, 5.41) is 0. The summed E-state index contributed by atoms with van der Waals surface area (Å²) in [6, 6.07) is 17.9. The lowest BCUT2D eigenvalue weighted by molar-refractivity contribution is 0.243. The average Bonchev–Trinajstić information content (AvgIpc) is 3.56. The molecule has 0 spiro atoms. The van der Waals surface area contributed by atoms with Crippen LogP contribution in [-0.2, 0) is 35.6 Å². The molecule has 6 atom stereocenters. The van der Waals surface area contributed by atoms with Gasteiger partial charge in [0.25, 0.3) is 0 Å². The summed E-state index contributed by atoms with van der Waals surface area (Å²) >= 11 is 0. The first-order valence-corrected chi connectivity index (χ1v) is 11.4. The highest BCUT2D eigenvalue weighted by Crippen LogP contribution is 2.57. The molecule has 0 saturated carbocycles. The third-order valence-corrected chi connectivity index (χ3v) is 8.28. The van der Waals surface area contributed by atoms with Crippen molar-refractivity contribution in [2.24, 2.45) is 0 Å². The van der Waals surface area contributed by atoms with Gasteiger partial charge in [0.15, 0.2) is 0 Å². The number of ether oxygens (including phenoxy) is 4. The molecule has 0 amide bonds. The standard InChI is InChI=1S/C27H32O4/c1-23(2,17-7-11-19(12-8-17)26(5)21(30-26)24(3)15-28-24)18-9-13-20(14-10-18)27(6)22(31-27)25(4)16-29-25/h7-14,21-22H,15-16H2,1-6H3. The van der Waals surface area contributed by atoms with E-state index in [-0.39, 0.29) is 40.0 Å². The molecule has 0 aliphatic carbocycles. The Kier molecular flexibility index (Phi) is 3.72. The van der Waals surface area contributed by atoms with Gasteiger partial charge in [0.2, 0.25) is 0 Å². The van der Waals surface area contributed by atoms with E-state index in [4.69, 9.17) is 18.9 Å². The summed E-state index contributed by atoms with van der Waals surface area (Å²) in [6.45, 7) is 14.8. The highest BCUT2D eigenvalue weighted by Gasteiger charge is 2.69. The maximum Gasteiger partial charge on any atom is 0.123 e. The number of rotatable bonds is 6. The van der Waals surface area contributed by atoms with Gasteiger partial charge in [-0.15, -0.1) is 0 Å². The van der Waals surface area contributed by atoms with Crippen LogP contribution in [0.4, 0.5) is 0 Å². The summed E-state index contributed by atoms with van der Waals surface area (Å²) in [5.74, 6) is 0. The second kappa shape index (κ2) is 5.79. The minimum absolute atomic E-state index is 0.0936. The van der Waals surface area contributed by atoms with Crippen molar-refractivity contribution >= 4 is 0 Å². The largest absolute Gasteiger partial charge is 0.367 e. The Morgan fingerprint density at radius 3 is 1.26 bits per heavy atom. The number of hydrogen-bond donors (Lipinski definition) is 0. The van der Waals surface area contributed by atoms with Crippen LogP contribution < -0.4 is 0 Å². The van der Waals surface area contributed by atoms with Crippen LogP contribution in [-0.4, -0.2) is 36.6 Å². The van der Waals surface area contributed by atoms with E-state index in [0.717, 1.165) is 13.2 Å². The molecule has 6 unspecified atom stereocenters. The van der Waals surface area contributed by atoms with E-state index in [1.165, 1.54) is 22.3 Å². The Labute approximate surface area is 184 Å². The van der Waals surface area contributed by atoms with E-state index in [9.17, 15) is 0 Å². The third-order valence-electron chi connectivity index (χ3n) is 8.28. The molecule has 4 heterocycles. The van der Waals surface area contributed by atoms with Gasteiger partial charge in [0.05, 0.1) is 13.2 Å². The quantitative estimate of drug-likeness (QED) is 0.629. The van der Waals surface area contributed by atoms with Crippen LogP contribution in [0.25, 0.3) is 0 Å². The maximum atomic E-state index is 6.07. The van der Waals surface area contributed by atoms with Crippen molar-refractivity contribution in [1.82, 2.24) is 0 Å². The SMILES string of the molecule is CC(C)(c1ccc(C2(C)OC2C2(C)CO2)cc1)c1ccc(C2(C)OC2C2(C)CO2)cc1. The van der Waals surface area contributed by atoms with E-state index < -0.39 is 0 Å². The van der Waals surface area contributed by atoms with Gasteiger partial charge in [0, 0.05) is 5.41 Å². The molecular weight excluding hydrogens is 388 g/mol. The van der Waals surface area contributed by atoms with Gasteiger partial charge >= 0.3 is 0 Å². The molecule has 0 bridgehead atoms. The van der Waals surface area contributed by atoms with E-state index in [1.54, 1.807) is 0 Å². The minimum atomic E-state index is -0.228. The number of benzene rings is 2. The van der Waals surface area contributed by atoms with E-state index in [1.807, 2.05) is 0 Å². The Morgan fingerprint density at radius 2 is 0.968 bits per heavy atom. The second-order valence-electron chi connectivity index (χ2n) is 11.2. The third kappa shape index (κ3) is 2.88. The molecule has 0 N–H and O–H groups in total. The molecule has 4 aliphatic rings. The summed E-state index contributed by atoms with van der Waals surface area (Å²) in [4.78, 5) is 0. The van der Waals surface area contributed by atoms with Crippen LogP contribution in [0.15, 0.2) is 48.5 Å². The fourth-order valence-electron chi connectivity index (χ4n) is 5.41. The molecule has 4 aliphatic heterocycles. The number of epoxide rings is 4. The van der Waals surface area contributed by atoms with Crippen LogP contribution >= 0.6 is 0 Å². The van der Waals surface area contributed by atoms with Gasteiger partial charge in [-0.1, -0.05) is 62.4 Å². The molecule has 6 rings (SSSR count). The lowest BCUT2D eigenvalue weighted by atomic mass is 9.76. The fourth-order valence-corrected chi connectivity index (χ4v) is 5.41. The van der Waals surface area contributed by atoms with E-state index in [2.05, 4.69) is 90.1 Å². The molecule has 0 radical (unpaired) electrons. The topological polar surface area (TPSA) is 50.1 Å². The van der Waals surface area contributed by atoms with Crippen molar-refractivity contribution in [1.29, 1.82) is 0 Å².